The van der Waals surface area contributed by atoms with Gasteiger partial charge in [0.25, 0.3) is 0 Å². The van der Waals surface area contributed by atoms with Crippen molar-refractivity contribution in [3.05, 3.63) is 70.7 Å². The molecule has 2 aromatic carbocycles. The molecule has 5 heteroatoms. The van der Waals surface area contributed by atoms with Crippen LogP contribution in [0, 0.1) is 34.5 Å². The third-order valence-corrected chi connectivity index (χ3v) is 11.3. The Balaban J connectivity index is 1.23. The van der Waals surface area contributed by atoms with Crippen LogP contribution in [0.15, 0.2) is 54.6 Å². The van der Waals surface area contributed by atoms with Gasteiger partial charge in [0.15, 0.2) is 0 Å². The van der Waals surface area contributed by atoms with Crippen molar-refractivity contribution in [3.63, 3.8) is 0 Å². The molecule has 1 heterocycles. The minimum atomic E-state index is -0.190. The number of amides is 2. The molecule has 3 aliphatic carbocycles. The second-order valence-electron chi connectivity index (χ2n) is 12.7. The van der Waals surface area contributed by atoms with Gasteiger partial charge in [0.1, 0.15) is 0 Å². The molecule has 8 atom stereocenters. The van der Waals surface area contributed by atoms with E-state index in [0.717, 1.165) is 43.2 Å². The van der Waals surface area contributed by atoms with Crippen molar-refractivity contribution in [2.45, 2.75) is 77.3 Å². The minimum absolute atomic E-state index is 0.0353. The predicted octanol–water partition coefficient (Wildman–Crippen LogP) is 6.68. The number of halogens is 1. The SMILES string of the molecule is C[C@]12CCC(=O)NC1CC[C@@H]1[C@H]2CC[C@]2(C)C(C(=O)NC(c3ccccc3)c3ccc(Cl)cc3)CC[C@@H]12. The Morgan fingerprint density at radius 1 is 0.892 bits per heavy atom. The van der Waals surface area contributed by atoms with Gasteiger partial charge in [0, 0.05) is 23.4 Å². The number of nitrogens with one attached hydrogen (secondary N) is 2. The average Bonchev–Trinajstić information content (AvgIpc) is 3.26. The summed E-state index contributed by atoms with van der Waals surface area (Å²) in [6.07, 6.45) is 8.31. The lowest BCUT2D eigenvalue weighted by Crippen LogP contribution is -2.61. The van der Waals surface area contributed by atoms with Crippen molar-refractivity contribution in [2.75, 3.05) is 0 Å². The highest BCUT2D eigenvalue weighted by molar-refractivity contribution is 6.30. The molecule has 0 bridgehead atoms. The summed E-state index contributed by atoms with van der Waals surface area (Å²) in [6.45, 7) is 4.84. The van der Waals surface area contributed by atoms with E-state index < -0.39 is 0 Å². The van der Waals surface area contributed by atoms with Gasteiger partial charge in [0.05, 0.1) is 6.04 Å². The van der Waals surface area contributed by atoms with Crippen LogP contribution in [0.25, 0.3) is 0 Å². The molecule has 37 heavy (non-hydrogen) atoms. The summed E-state index contributed by atoms with van der Waals surface area (Å²) in [5, 5.41) is 7.50. The fourth-order valence-electron chi connectivity index (χ4n) is 9.04. The van der Waals surface area contributed by atoms with E-state index in [1.165, 1.54) is 12.8 Å². The summed E-state index contributed by atoms with van der Waals surface area (Å²) in [5.41, 5.74) is 2.38. The van der Waals surface area contributed by atoms with Crippen LogP contribution in [0.2, 0.25) is 5.02 Å². The molecule has 6 rings (SSSR count). The van der Waals surface area contributed by atoms with Crippen LogP contribution in [0.4, 0.5) is 0 Å². The van der Waals surface area contributed by atoms with E-state index >= 15 is 0 Å². The Labute approximate surface area is 225 Å². The first-order valence-electron chi connectivity index (χ1n) is 14.2. The Bertz CT molecular complexity index is 1170. The van der Waals surface area contributed by atoms with Crippen molar-refractivity contribution in [1.29, 1.82) is 0 Å². The summed E-state index contributed by atoms with van der Waals surface area (Å²) < 4.78 is 0. The second-order valence-corrected chi connectivity index (χ2v) is 13.1. The van der Waals surface area contributed by atoms with Crippen molar-refractivity contribution in [3.8, 4) is 0 Å². The Hall–Kier alpha value is -2.33. The molecule has 2 aromatic rings. The number of hydrogen-bond donors (Lipinski definition) is 2. The maximum absolute atomic E-state index is 14.0. The number of piperidine rings is 1. The van der Waals surface area contributed by atoms with Crippen LogP contribution in [-0.2, 0) is 9.59 Å². The number of rotatable bonds is 4. The molecule has 196 valence electrons. The highest BCUT2D eigenvalue weighted by atomic mass is 35.5. The van der Waals surface area contributed by atoms with Gasteiger partial charge >= 0.3 is 0 Å². The van der Waals surface area contributed by atoms with Gasteiger partial charge in [-0.1, -0.05) is 67.9 Å². The van der Waals surface area contributed by atoms with Crippen molar-refractivity contribution < 1.29 is 9.59 Å². The third kappa shape index (κ3) is 4.20. The van der Waals surface area contributed by atoms with Gasteiger partial charge in [-0.2, -0.15) is 0 Å². The van der Waals surface area contributed by atoms with E-state index in [-0.39, 0.29) is 34.6 Å². The standard InChI is InChI=1S/C32H39ClN2O2/c1-31-18-16-25-23(12-15-27-32(25,2)19-17-28(36)34-27)24(31)13-14-26(31)30(37)35-29(20-6-4-3-5-7-20)21-8-10-22(33)11-9-21/h3-11,23-27,29H,12-19H2,1-2H3,(H,34,36)(H,35,37)/t23-,24-,25+,26?,27?,29?,31-,32+/m0/s1. The molecular formula is C32H39ClN2O2. The zero-order valence-electron chi connectivity index (χ0n) is 22.0. The van der Waals surface area contributed by atoms with Crippen LogP contribution < -0.4 is 10.6 Å². The molecular weight excluding hydrogens is 480 g/mol. The van der Waals surface area contributed by atoms with Crippen LogP contribution in [0.5, 0.6) is 0 Å². The Morgan fingerprint density at radius 3 is 2.35 bits per heavy atom. The van der Waals surface area contributed by atoms with Gasteiger partial charge in [-0.3, -0.25) is 9.59 Å². The zero-order valence-corrected chi connectivity index (χ0v) is 22.8. The van der Waals surface area contributed by atoms with Gasteiger partial charge in [0.2, 0.25) is 11.8 Å². The minimum Gasteiger partial charge on any atom is -0.353 e. The molecule has 2 N–H and O–H groups in total. The zero-order chi connectivity index (χ0) is 25.8. The Kier molecular flexibility index (Phi) is 6.38. The second kappa shape index (κ2) is 9.45. The molecule has 0 radical (unpaired) electrons. The molecule has 4 aliphatic rings. The third-order valence-electron chi connectivity index (χ3n) is 11.0. The average molecular weight is 519 g/mol. The molecule has 3 saturated carbocycles. The molecule has 2 amide bonds. The quantitative estimate of drug-likeness (QED) is 0.474. The summed E-state index contributed by atoms with van der Waals surface area (Å²) in [4.78, 5) is 26.2. The van der Waals surface area contributed by atoms with Gasteiger partial charge in [-0.15, -0.1) is 0 Å². The fourth-order valence-corrected chi connectivity index (χ4v) is 9.16. The number of fused-ring (bicyclic) bond motifs is 5. The van der Waals surface area contributed by atoms with E-state index in [9.17, 15) is 9.59 Å². The molecule has 4 nitrogen and oxygen atoms in total. The number of benzene rings is 2. The normalized spacial score (nSPS) is 37.5. The lowest BCUT2D eigenvalue weighted by molar-refractivity contribution is -0.141. The highest BCUT2D eigenvalue weighted by Crippen LogP contribution is 2.65. The highest BCUT2D eigenvalue weighted by Gasteiger charge is 2.61. The topological polar surface area (TPSA) is 58.2 Å². The predicted molar refractivity (Wildman–Crippen MR) is 147 cm³/mol. The first kappa shape index (κ1) is 25.0. The Morgan fingerprint density at radius 2 is 1.59 bits per heavy atom. The summed E-state index contributed by atoms with van der Waals surface area (Å²) in [5.74, 6) is 2.36. The fraction of sp³-hybridized carbons (Fsp3) is 0.562. The van der Waals surface area contributed by atoms with Crippen LogP contribution in [0.3, 0.4) is 0 Å². The van der Waals surface area contributed by atoms with Crippen LogP contribution in [-0.4, -0.2) is 17.9 Å². The lowest BCUT2D eigenvalue weighted by atomic mass is 9.47. The monoisotopic (exact) mass is 518 g/mol. The molecule has 1 saturated heterocycles. The summed E-state index contributed by atoms with van der Waals surface area (Å²) >= 11 is 6.17. The van der Waals surface area contributed by atoms with Gasteiger partial charge < -0.3 is 10.6 Å². The first-order valence-corrected chi connectivity index (χ1v) is 14.6. The van der Waals surface area contributed by atoms with Crippen molar-refractivity contribution >= 4 is 23.4 Å². The van der Waals surface area contributed by atoms with Gasteiger partial charge in [-0.25, -0.2) is 0 Å². The first-order chi connectivity index (χ1) is 17.8. The van der Waals surface area contributed by atoms with E-state index in [0.29, 0.717) is 35.2 Å². The number of carbonyl (C=O) groups excluding carboxylic acids is 2. The van der Waals surface area contributed by atoms with Gasteiger partial charge in [-0.05, 0) is 96.8 Å². The van der Waals surface area contributed by atoms with E-state index in [4.69, 9.17) is 11.6 Å². The largest absolute Gasteiger partial charge is 0.353 e. The van der Waals surface area contributed by atoms with E-state index in [2.05, 4.69) is 36.6 Å². The number of hydrogen-bond acceptors (Lipinski definition) is 2. The maximum atomic E-state index is 14.0. The number of carbonyl (C=O) groups is 2. The lowest BCUT2D eigenvalue weighted by Gasteiger charge is -2.60. The molecule has 3 unspecified atom stereocenters. The van der Waals surface area contributed by atoms with E-state index in [1.54, 1.807) is 0 Å². The molecule has 0 aromatic heterocycles. The van der Waals surface area contributed by atoms with Crippen molar-refractivity contribution in [2.24, 2.45) is 34.5 Å². The summed E-state index contributed by atoms with van der Waals surface area (Å²) in [6, 6.07) is 18.2. The smallest absolute Gasteiger partial charge is 0.224 e. The molecule has 1 aliphatic heterocycles. The van der Waals surface area contributed by atoms with Crippen molar-refractivity contribution in [1.82, 2.24) is 10.6 Å². The van der Waals surface area contributed by atoms with E-state index in [1.807, 2.05) is 42.5 Å². The van der Waals surface area contributed by atoms with Crippen LogP contribution in [0.1, 0.15) is 82.4 Å². The van der Waals surface area contributed by atoms with Crippen LogP contribution >= 0.6 is 11.6 Å². The summed E-state index contributed by atoms with van der Waals surface area (Å²) in [7, 11) is 0. The molecule has 4 fully saturated rings. The maximum Gasteiger partial charge on any atom is 0.224 e. The molecule has 0 spiro atoms.